The van der Waals surface area contributed by atoms with Crippen molar-refractivity contribution in [3.05, 3.63) is 35.6 Å². The molecule has 2 nitrogen and oxygen atoms in total. The summed E-state index contributed by atoms with van der Waals surface area (Å²) in [4.78, 5) is 2.00. The van der Waals surface area contributed by atoms with E-state index in [9.17, 15) is 9.50 Å². The van der Waals surface area contributed by atoms with Crippen molar-refractivity contribution in [3.8, 4) is 0 Å². The minimum Gasteiger partial charge on any atom is -0.395 e. The molecule has 0 saturated heterocycles. The molecule has 1 unspecified atom stereocenters. The van der Waals surface area contributed by atoms with Crippen molar-refractivity contribution >= 4 is 0 Å². The number of benzene rings is 1. The molecule has 1 aromatic rings. The lowest BCUT2D eigenvalue weighted by Crippen LogP contribution is -2.44. The Morgan fingerprint density at radius 1 is 1.29 bits per heavy atom. The van der Waals surface area contributed by atoms with Crippen molar-refractivity contribution in [2.24, 2.45) is 5.41 Å². The maximum Gasteiger partial charge on any atom is 0.127 e. The molecule has 0 aliphatic carbocycles. The lowest BCUT2D eigenvalue weighted by Gasteiger charge is -2.36. The minimum atomic E-state index is -0.190. The lowest BCUT2D eigenvalue weighted by molar-refractivity contribution is 0.0607. The van der Waals surface area contributed by atoms with Crippen LogP contribution in [0.4, 0.5) is 4.39 Å². The summed E-state index contributed by atoms with van der Waals surface area (Å²) in [6.45, 7) is 6.81. The van der Waals surface area contributed by atoms with Gasteiger partial charge < -0.3 is 5.11 Å². The van der Waals surface area contributed by atoms with Crippen LogP contribution < -0.4 is 0 Å². The molecule has 0 heterocycles. The van der Waals surface area contributed by atoms with Crippen LogP contribution in [0.1, 0.15) is 26.3 Å². The maximum atomic E-state index is 13.5. The van der Waals surface area contributed by atoms with Crippen molar-refractivity contribution in [1.82, 2.24) is 4.90 Å². The molecule has 0 aromatic heterocycles. The second-order valence-corrected chi connectivity index (χ2v) is 5.57. The largest absolute Gasteiger partial charge is 0.395 e. The second-order valence-electron chi connectivity index (χ2n) is 5.57. The highest BCUT2D eigenvalue weighted by Crippen LogP contribution is 2.24. The van der Waals surface area contributed by atoms with Crippen LogP contribution in [0, 0.1) is 11.2 Å². The third kappa shape index (κ3) is 3.79. The van der Waals surface area contributed by atoms with Crippen molar-refractivity contribution in [2.75, 3.05) is 13.7 Å². The van der Waals surface area contributed by atoms with E-state index in [-0.39, 0.29) is 23.9 Å². The molecular weight excluding hydrogens is 217 g/mol. The fourth-order valence-corrected chi connectivity index (χ4v) is 2.08. The summed E-state index contributed by atoms with van der Waals surface area (Å²) in [7, 11) is 1.92. The van der Waals surface area contributed by atoms with Gasteiger partial charge in [0, 0.05) is 18.2 Å². The van der Waals surface area contributed by atoms with Crippen molar-refractivity contribution in [3.63, 3.8) is 0 Å². The normalized spacial score (nSPS) is 14.1. The van der Waals surface area contributed by atoms with Gasteiger partial charge in [0.2, 0.25) is 0 Å². The Bertz CT molecular complexity index is 359. The Hall–Kier alpha value is -0.930. The average molecular weight is 239 g/mol. The molecule has 17 heavy (non-hydrogen) atoms. The molecule has 0 amide bonds. The standard InChI is InChI=1S/C14H22FNO/c1-14(2,3)13(10-17)16(4)9-11-7-5-6-8-12(11)15/h5-8,13,17H,9-10H2,1-4H3. The highest BCUT2D eigenvalue weighted by atomic mass is 19.1. The maximum absolute atomic E-state index is 13.5. The van der Waals surface area contributed by atoms with Gasteiger partial charge in [0.25, 0.3) is 0 Å². The average Bonchev–Trinajstić information content (AvgIpc) is 2.20. The van der Waals surface area contributed by atoms with Crippen LogP contribution >= 0.6 is 0 Å². The molecule has 0 saturated carbocycles. The molecule has 0 radical (unpaired) electrons. The van der Waals surface area contributed by atoms with E-state index in [1.807, 2.05) is 18.0 Å². The van der Waals surface area contributed by atoms with Crippen LogP contribution in [0.2, 0.25) is 0 Å². The van der Waals surface area contributed by atoms with Crippen molar-refractivity contribution in [1.29, 1.82) is 0 Å². The molecule has 0 fully saturated rings. The summed E-state index contributed by atoms with van der Waals surface area (Å²) in [5.41, 5.74) is 0.632. The van der Waals surface area contributed by atoms with Gasteiger partial charge in [-0.15, -0.1) is 0 Å². The number of rotatable bonds is 4. The first-order chi connectivity index (χ1) is 7.86. The van der Waals surface area contributed by atoms with E-state index >= 15 is 0 Å². The quantitative estimate of drug-likeness (QED) is 0.873. The molecule has 1 atom stereocenters. The van der Waals surface area contributed by atoms with E-state index in [0.29, 0.717) is 12.1 Å². The Morgan fingerprint density at radius 2 is 1.88 bits per heavy atom. The molecule has 1 aromatic carbocycles. The van der Waals surface area contributed by atoms with E-state index in [2.05, 4.69) is 20.8 Å². The highest BCUT2D eigenvalue weighted by Gasteiger charge is 2.27. The number of aliphatic hydroxyl groups excluding tert-OH is 1. The Kier molecular flexibility index (Phi) is 4.66. The summed E-state index contributed by atoms with van der Waals surface area (Å²) in [6, 6.07) is 6.78. The van der Waals surface area contributed by atoms with Gasteiger partial charge in [-0.25, -0.2) is 4.39 Å². The number of hydrogen-bond acceptors (Lipinski definition) is 2. The highest BCUT2D eigenvalue weighted by molar-refractivity contribution is 5.17. The van der Waals surface area contributed by atoms with E-state index in [1.54, 1.807) is 12.1 Å². The Labute approximate surface area is 103 Å². The topological polar surface area (TPSA) is 23.5 Å². The van der Waals surface area contributed by atoms with E-state index < -0.39 is 0 Å². The second kappa shape index (κ2) is 5.61. The molecule has 0 aliphatic rings. The molecule has 0 aliphatic heterocycles. The van der Waals surface area contributed by atoms with Gasteiger partial charge in [-0.3, -0.25) is 4.90 Å². The molecule has 1 rings (SSSR count). The molecule has 0 spiro atoms. The van der Waals surface area contributed by atoms with Crippen molar-refractivity contribution in [2.45, 2.75) is 33.4 Å². The lowest BCUT2D eigenvalue weighted by atomic mass is 9.86. The van der Waals surface area contributed by atoms with Crippen LogP contribution in [0.15, 0.2) is 24.3 Å². The smallest absolute Gasteiger partial charge is 0.127 e. The molecule has 96 valence electrons. The van der Waals surface area contributed by atoms with Gasteiger partial charge in [-0.1, -0.05) is 39.0 Å². The van der Waals surface area contributed by atoms with Crippen LogP contribution in [-0.2, 0) is 6.54 Å². The Morgan fingerprint density at radius 3 is 2.35 bits per heavy atom. The first-order valence-corrected chi connectivity index (χ1v) is 5.90. The first-order valence-electron chi connectivity index (χ1n) is 5.90. The molecule has 3 heteroatoms. The zero-order valence-electron chi connectivity index (χ0n) is 11.1. The van der Waals surface area contributed by atoms with Gasteiger partial charge >= 0.3 is 0 Å². The predicted molar refractivity (Wildman–Crippen MR) is 68.2 cm³/mol. The molecule has 1 N–H and O–H groups in total. The SMILES string of the molecule is CN(Cc1ccccc1F)C(CO)C(C)(C)C. The first kappa shape index (κ1) is 14.1. The van der Waals surface area contributed by atoms with Gasteiger partial charge in [-0.05, 0) is 18.5 Å². The summed E-state index contributed by atoms with van der Waals surface area (Å²) in [5.74, 6) is -0.190. The van der Waals surface area contributed by atoms with Crippen LogP contribution in [-0.4, -0.2) is 29.7 Å². The van der Waals surface area contributed by atoms with Crippen LogP contribution in [0.25, 0.3) is 0 Å². The van der Waals surface area contributed by atoms with E-state index in [1.165, 1.54) is 6.07 Å². The van der Waals surface area contributed by atoms with Crippen molar-refractivity contribution < 1.29 is 9.50 Å². The number of likely N-dealkylation sites (N-methyl/N-ethyl adjacent to an activating group) is 1. The number of hydrogen-bond donors (Lipinski definition) is 1. The summed E-state index contributed by atoms with van der Waals surface area (Å²) < 4.78 is 13.5. The van der Waals surface area contributed by atoms with Crippen LogP contribution in [0.3, 0.4) is 0 Å². The van der Waals surface area contributed by atoms with Crippen LogP contribution in [0.5, 0.6) is 0 Å². The zero-order chi connectivity index (χ0) is 13.1. The third-order valence-electron chi connectivity index (χ3n) is 3.08. The van der Waals surface area contributed by atoms with Gasteiger partial charge in [0.1, 0.15) is 5.82 Å². The molecular formula is C14H22FNO. The Balaban J connectivity index is 2.78. The van der Waals surface area contributed by atoms with Gasteiger partial charge in [-0.2, -0.15) is 0 Å². The van der Waals surface area contributed by atoms with Gasteiger partial charge in [0.05, 0.1) is 6.61 Å². The third-order valence-corrected chi connectivity index (χ3v) is 3.08. The monoisotopic (exact) mass is 239 g/mol. The fraction of sp³-hybridized carbons (Fsp3) is 0.571. The number of halogens is 1. The summed E-state index contributed by atoms with van der Waals surface area (Å²) in [6.07, 6.45) is 0. The fourth-order valence-electron chi connectivity index (χ4n) is 2.08. The number of nitrogens with zero attached hydrogens (tertiary/aromatic N) is 1. The zero-order valence-corrected chi connectivity index (χ0v) is 11.1. The summed E-state index contributed by atoms with van der Waals surface area (Å²) in [5, 5.41) is 9.44. The van der Waals surface area contributed by atoms with Gasteiger partial charge in [0.15, 0.2) is 0 Å². The molecule has 0 bridgehead atoms. The van der Waals surface area contributed by atoms with E-state index in [4.69, 9.17) is 0 Å². The van der Waals surface area contributed by atoms with E-state index in [0.717, 1.165) is 0 Å². The predicted octanol–water partition coefficient (Wildman–Crippen LogP) is 2.66. The summed E-state index contributed by atoms with van der Waals surface area (Å²) >= 11 is 0. The minimum absolute atomic E-state index is 0.0158. The number of aliphatic hydroxyl groups is 1.